The predicted octanol–water partition coefficient (Wildman–Crippen LogP) is 0.182. The number of carboxylic acids is 1. The van der Waals surface area contributed by atoms with Crippen LogP contribution in [-0.2, 0) is 4.79 Å². The minimum atomic E-state index is -0.855. The first-order valence-electron chi connectivity index (χ1n) is 7.46. The van der Waals surface area contributed by atoms with Crippen LogP contribution in [0.5, 0.6) is 5.88 Å². The molecule has 1 aliphatic heterocycles. The molecule has 0 aliphatic carbocycles. The van der Waals surface area contributed by atoms with Gasteiger partial charge in [-0.1, -0.05) is 0 Å². The number of aromatic nitrogens is 2. The summed E-state index contributed by atoms with van der Waals surface area (Å²) in [6.07, 6.45) is 2.13. The van der Waals surface area contributed by atoms with Crippen molar-refractivity contribution in [2.24, 2.45) is 0 Å². The minimum Gasteiger partial charge on any atom is -0.481 e. The third-order valence-corrected chi connectivity index (χ3v) is 3.52. The van der Waals surface area contributed by atoms with Crippen molar-refractivity contribution >= 4 is 17.9 Å². The van der Waals surface area contributed by atoms with Gasteiger partial charge in [0.1, 0.15) is 0 Å². The van der Waals surface area contributed by atoms with Gasteiger partial charge in [0.25, 0.3) is 0 Å². The summed E-state index contributed by atoms with van der Waals surface area (Å²) in [7, 11) is 1.55. The van der Waals surface area contributed by atoms with E-state index >= 15 is 0 Å². The number of nitrogens with one attached hydrogen (secondary N) is 1. The van der Waals surface area contributed by atoms with Crippen LogP contribution >= 0.6 is 0 Å². The van der Waals surface area contributed by atoms with Crippen molar-refractivity contribution in [2.75, 3.05) is 44.7 Å². The first kappa shape index (κ1) is 16.8. The van der Waals surface area contributed by atoms with E-state index in [4.69, 9.17) is 9.84 Å². The molecule has 0 spiro atoms. The lowest BCUT2D eigenvalue weighted by Gasteiger charge is -2.34. The number of piperazine rings is 1. The Hall–Kier alpha value is -2.58. The molecule has 0 saturated carbocycles. The summed E-state index contributed by atoms with van der Waals surface area (Å²) in [6, 6.07) is 1.52. The van der Waals surface area contributed by atoms with Crippen molar-refractivity contribution in [1.29, 1.82) is 0 Å². The van der Waals surface area contributed by atoms with Crippen LogP contribution in [-0.4, -0.2) is 71.8 Å². The van der Waals surface area contributed by atoms with Crippen LogP contribution in [0.4, 0.5) is 10.7 Å². The number of anilines is 1. The number of hydrogen-bond acceptors (Lipinski definition) is 6. The fraction of sp³-hybridized carbons (Fsp3) is 0.571. The van der Waals surface area contributed by atoms with Gasteiger partial charge in [0, 0.05) is 51.4 Å². The number of rotatable bonds is 6. The SMILES string of the molecule is COc1ccnc(N2CCN(C(=O)NCCCC(=O)O)CC2)n1. The Morgan fingerprint density at radius 1 is 1.35 bits per heavy atom. The number of urea groups is 1. The Balaban J connectivity index is 1.76. The van der Waals surface area contributed by atoms with Crippen LogP contribution in [0.15, 0.2) is 12.3 Å². The van der Waals surface area contributed by atoms with E-state index in [1.54, 1.807) is 24.3 Å². The van der Waals surface area contributed by atoms with Crippen LogP contribution in [0.3, 0.4) is 0 Å². The monoisotopic (exact) mass is 323 g/mol. The van der Waals surface area contributed by atoms with Crippen LogP contribution in [0.2, 0.25) is 0 Å². The molecular weight excluding hydrogens is 302 g/mol. The lowest BCUT2D eigenvalue weighted by molar-refractivity contribution is -0.137. The summed E-state index contributed by atoms with van der Waals surface area (Å²) in [4.78, 5) is 34.6. The second-order valence-corrected chi connectivity index (χ2v) is 5.10. The van der Waals surface area contributed by atoms with E-state index < -0.39 is 5.97 Å². The third-order valence-electron chi connectivity index (χ3n) is 3.52. The quantitative estimate of drug-likeness (QED) is 0.719. The smallest absolute Gasteiger partial charge is 0.317 e. The highest BCUT2D eigenvalue weighted by atomic mass is 16.5. The lowest BCUT2D eigenvalue weighted by atomic mass is 10.3. The molecule has 1 aliphatic rings. The van der Waals surface area contributed by atoms with Crippen LogP contribution in [0, 0.1) is 0 Å². The molecule has 1 aromatic heterocycles. The normalized spacial score (nSPS) is 14.5. The molecule has 1 saturated heterocycles. The highest BCUT2D eigenvalue weighted by Gasteiger charge is 2.22. The zero-order valence-electron chi connectivity index (χ0n) is 13.1. The average molecular weight is 323 g/mol. The van der Waals surface area contributed by atoms with Crippen LogP contribution in [0.1, 0.15) is 12.8 Å². The van der Waals surface area contributed by atoms with Crippen molar-refractivity contribution in [3.8, 4) is 5.88 Å². The fourth-order valence-electron chi connectivity index (χ4n) is 2.25. The average Bonchev–Trinajstić information content (AvgIpc) is 2.58. The second kappa shape index (κ2) is 8.16. The number of hydrogen-bond donors (Lipinski definition) is 2. The molecule has 2 rings (SSSR count). The van der Waals surface area contributed by atoms with Gasteiger partial charge in [-0.05, 0) is 6.42 Å². The topological polar surface area (TPSA) is 108 Å². The molecule has 0 bridgehead atoms. The number of ether oxygens (including phenoxy) is 1. The number of carbonyl (C=O) groups is 2. The minimum absolute atomic E-state index is 0.0568. The number of aliphatic carboxylic acids is 1. The zero-order chi connectivity index (χ0) is 16.7. The Morgan fingerprint density at radius 2 is 2.09 bits per heavy atom. The molecule has 126 valence electrons. The van der Waals surface area contributed by atoms with Gasteiger partial charge >= 0.3 is 12.0 Å². The molecular formula is C14H21N5O4. The second-order valence-electron chi connectivity index (χ2n) is 5.10. The Labute approximate surface area is 134 Å². The Morgan fingerprint density at radius 3 is 2.74 bits per heavy atom. The number of amides is 2. The van der Waals surface area contributed by atoms with E-state index in [1.165, 1.54) is 0 Å². The number of carboxylic acid groups (broad SMARTS) is 1. The van der Waals surface area contributed by atoms with Gasteiger partial charge in [-0.2, -0.15) is 4.98 Å². The number of methoxy groups -OCH3 is 1. The summed E-state index contributed by atoms with van der Waals surface area (Å²) in [5, 5.41) is 11.3. The molecule has 2 N–H and O–H groups in total. The van der Waals surface area contributed by atoms with E-state index in [-0.39, 0.29) is 12.5 Å². The van der Waals surface area contributed by atoms with Crippen molar-refractivity contribution in [3.63, 3.8) is 0 Å². The standard InChI is InChI=1S/C14H21N5O4/c1-23-11-4-6-15-13(17-11)18-7-9-19(10-8-18)14(22)16-5-2-3-12(20)21/h4,6H,2-3,5,7-10H2,1H3,(H,16,22)(H,20,21). The van der Waals surface area contributed by atoms with E-state index in [1.807, 2.05) is 4.90 Å². The molecule has 9 heteroatoms. The highest BCUT2D eigenvalue weighted by Crippen LogP contribution is 2.14. The highest BCUT2D eigenvalue weighted by molar-refractivity contribution is 5.74. The Kier molecular flexibility index (Phi) is 5.95. The van der Waals surface area contributed by atoms with Gasteiger partial charge < -0.3 is 25.0 Å². The molecule has 0 unspecified atom stereocenters. The van der Waals surface area contributed by atoms with Crippen molar-refractivity contribution in [3.05, 3.63) is 12.3 Å². The fourth-order valence-corrected chi connectivity index (χ4v) is 2.25. The lowest BCUT2D eigenvalue weighted by Crippen LogP contribution is -2.52. The summed E-state index contributed by atoms with van der Waals surface area (Å²) >= 11 is 0. The van der Waals surface area contributed by atoms with Gasteiger partial charge in [-0.15, -0.1) is 0 Å². The molecule has 0 aromatic carbocycles. The van der Waals surface area contributed by atoms with Gasteiger partial charge in [0.2, 0.25) is 11.8 Å². The number of nitrogens with zero attached hydrogens (tertiary/aromatic N) is 4. The van der Waals surface area contributed by atoms with Crippen LogP contribution < -0.4 is 15.0 Å². The molecule has 1 aromatic rings. The largest absolute Gasteiger partial charge is 0.481 e. The zero-order valence-corrected chi connectivity index (χ0v) is 13.1. The molecule has 2 amide bonds. The van der Waals surface area contributed by atoms with Crippen molar-refractivity contribution in [1.82, 2.24) is 20.2 Å². The molecule has 23 heavy (non-hydrogen) atoms. The maximum Gasteiger partial charge on any atom is 0.317 e. The summed E-state index contributed by atoms with van der Waals surface area (Å²) in [6.45, 7) is 2.76. The summed E-state index contributed by atoms with van der Waals surface area (Å²) in [5.41, 5.74) is 0. The van der Waals surface area contributed by atoms with E-state index in [0.717, 1.165) is 0 Å². The van der Waals surface area contributed by atoms with Crippen LogP contribution in [0.25, 0.3) is 0 Å². The molecule has 9 nitrogen and oxygen atoms in total. The first-order chi connectivity index (χ1) is 11.1. The van der Waals surface area contributed by atoms with Gasteiger partial charge in [-0.25, -0.2) is 9.78 Å². The van der Waals surface area contributed by atoms with Gasteiger partial charge in [-0.3, -0.25) is 4.79 Å². The predicted molar refractivity (Wildman–Crippen MR) is 82.6 cm³/mol. The van der Waals surface area contributed by atoms with E-state index in [2.05, 4.69) is 15.3 Å². The first-order valence-corrected chi connectivity index (χ1v) is 7.46. The third kappa shape index (κ3) is 4.97. The molecule has 1 fully saturated rings. The molecule has 0 atom stereocenters. The molecule has 0 radical (unpaired) electrons. The van der Waals surface area contributed by atoms with Crippen molar-refractivity contribution in [2.45, 2.75) is 12.8 Å². The Bertz CT molecular complexity index is 546. The maximum absolute atomic E-state index is 12.0. The van der Waals surface area contributed by atoms with Crippen molar-refractivity contribution < 1.29 is 19.4 Å². The summed E-state index contributed by atoms with van der Waals surface area (Å²) < 4.78 is 5.08. The van der Waals surface area contributed by atoms with Gasteiger partial charge in [0.15, 0.2) is 0 Å². The number of carbonyl (C=O) groups excluding carboxylic acids is 1. The maximum atomic E-state index is 12.0. The summed E-state index contributed by atoms with van der Waals surface area (Å²) in [5.74, 6) is 0.241. The van der Waals surface area contributed by atoms with Gasteiger partial charge in [0.05, 0.1) is 7.11 Å². The molecule has 2 heterocycles. The van der Waals surface area contributed by atoms with E-state index in [9.17, 15) is 9.59 Å². The van der Waals surface area contributed by atoms with E-state index in [0.29, 0.717) is 51.0 Å².